The van der Waals surface area contributed by atoms with Crippen LogP contribution in [0.4, 0.5) is 0 Å². The summed E-state index contributed by atoms with van der Waals surface area (Å²) in [5, 5.41) is 10.1. The minimum Gasteiger partial charge on any atom is -0.385 e. The number of nitrogens with zero attached hydrogens (tertiary/aromatic N) is 1. The number of thioether (sulfide) groups is 1. The van der Waals surface area contributed by atoms with E-state index in [9.17, 15) is 18.3 Å². The van der Waals surface area contributed by atoms with Crippen molar-refractivity contribution >= 4 is 26.9 Å². The van der Waals surface area contributed by atoms with Crippen LogP contribution in [0.3, 0.4) is 0 Å². The van der Waals surface area contributed by atoms with Crippen molar-refractivity contribution in [2.45, 2.75) is 62.6 Å². The molecule has 4 rings (SSSR count). The van der Waals surface area contributed by atoms with Gasteiger partial charge in [-0.25, -0.2) is 8.42 Å². The van der Waals surface area contributed by atoms with Gasteiger partial charge < -0.3 is 9.84 Å². The highest BCUT2D eigenvalue weighted by Gasteiger charge is 2.39. The zero-order valence-corrected chi connectivity index (χ0v) is 26.8. The molecule has 0 spiro atoms. The average molecular weight is 618 g/mol. The minimum atomic E-state index is -4.02. The molecule has 0 amide bonds. The molecule has 0 saturated heterocycles. The van der Waals surface area contributed by atoms with E-state index in [0.717, 1.165) is 28.5 Å². The Balaban J connectivity index is 1.78. The Bertz CT molecular complexity index is 1590. The Hall–Kier alpha value is -3.27. The van der Waals surface area contributed by atoms with E-state index in [4.69, 9.17) is 4.74 Å². The Morgan fingerprint density at radius 1 is 0.837 bits per heavy atom. The molecule has 226 valence electrons. The first-order valence-electron chi connectivity index (χ1n) is 14.2. The number of aryl methyl sites for hydroxylation is 3. The van der Waals surface area contributed by atoms with Crippen LogP contribution in [0.25, 0.3) is 0 Å². The van der Waals surface area contributed by atoms with Gasteiger partial charge in [0.1, 0.15) is 6.10 Å². The fourth-order valence-electron chi connectivity index (χ4n) is 5.51. The van der Waals surface area contributed by atoms with E-state index >= 15 is 0 Å². The van der Waals surface area contributed by atoms with Crippen LogP contribution in [0.15, 0.2) is 108 Å². The molecule has 0 saturated carbocycles. The predicted molar refractivity (Wildman–Crippen MR) is 173 cm³/mol. The molecule has 0 heterocycles. The van der Waals surface area contributed by atoms with Crippen molar-refractivity contribution in [3.63, 3.8) is 0 Å². The number of sulfonamides is 1. The van der Waals surface area contributed by atoms with Crippen LogP contribution >= 0.6 is 11.8 Å². The normalized spacial score (nSPS) is 14.7. The SMILES string of the molecule is CO[C@H](C(=O)S[C@@H](c1ccccc1)[C@@H](C)N(Cc1ccccc1)S(=O)(=O)c1c(C)cc(C)cc1C)[C@H](O)c1ccccc1. The first-order valence-corrected chi connectivity index (χ1v) is 16.5. The molecular weight excluding hydrogens is 579 g/mol. The van der Waals surface area contributed by atoms with E-state index in [1.807, 2.05) is 107 Å². The lowest BCUT2D eigenvalue weighted by Crippen LogP contribution is -2.42. The second-order valence-electron chi connectivity index (χ2n) is 10.8. The van der Waals surface area contributed by atoms with Crippen molar-refractivity contribution in [2.75, 3.05) is 7.11 Å². The molecule has 4 aromatic rings. The van der Waals surface area contributed by atoms with Gasteiger partial charge in [0, 0.05) is 19.7 Å². The van der Waals surface area contributed by atoms with Crippen LogP contribution in [0, 0.1) is 20.8 Å². The molecule has 0 radical (unpaired) electrons. The summed E-state index contributed by atoms with van der Waals surface area (Å²) in [4.78, 5) is 14.1. The maximum Gasteiger partial charge on any atom is 0.244 e. The van der Waals surface area contributed by atoms with Crippen molar-refractivity contribution in [3.05, 3.63) is 137 Å². The van der Waals surface area contributed by atoms with E-state index < -0.39 is 33.5 Å². The largest absolute Gasteiger partial charge is 0.385 e. The van der Waals surface area contributed by atoms with Gasteiger partial charge in [0.15, 0.2) is 6.10 Å². The molecule has 4 aromatic carbocycles. The highest BCUT2D eigenvalue weighted by atomic mass is 32.2. The number of benzene rings is 4. The summed E-state index contributed by atoms with van der Waals surface area (Å²) in [5.41, 5.74) is 4.52. The molecule has 43 heavy (non-hydrogen) atoms. The fraction of sp³-hybridized carbons (Fsp3) is 0.286. The Morgan fingerprint density at radius 3 is 1.84 bits per heavy atom. The Morgan fingerprint density at radius 2 is 1.33 bits per heavy atom. The fourth-order valence-corrected chi connectivity index (χ4v) is 8.88. The number of methoxy groups -OCH3 is 1. The van der Waals surface area contributed by atoms with Gasteiger partial charge >= 0.3 is 0 Å². The number of aliphatic hydroxyl groups excluding tert-OH is 1. The highest BCUT2D eigenvalue weighted by Crippen LogP contribution is 2.40. The molecule has 0 aliphatic rings. The summed E-state index contributed by atoms with van der Waals surface area (Å²) in [5.74, 6) is 0. The van der Waals surface area contributed by atoms with E-state index in [1.54, 1.807) is 24.3 Å². The first kappa shape index (κ1) is 32.6. The van der Waals surface area contributed by atoms with Crippen LogP contribution < -0.4 is 0 Å². The highest BCUT2D eigenvalue weighted by molar-refractivity contribution is 8.14. The summed E-state index contributed by atoms with van der Waals surface area (Å²) in [6.07, 6.45) is -2.33. The van der Waals surface area contributed by atoms with Crippen LogP contribution in [0.2, 0.25) is 0 Å². The number of hydrogen-bond donors (Lipinski definition) is 1. The van der Waals surface area contributed by atoms with E-state index in [-0.39, 0.29) is 16.6 Å². The zero-order chi connectivity index (χ0) is 31.1. The molecule has 1 N–H and O–H groups in total. The van der Waals surface area contributed by atoms with Crippen LogP contribution in [0.1, 0.15) is 51.7 Å². The number of ether oxygens (including phenoxy) is 1. The lowest BCUT2D eigenvalue weighted by molar-refractivity contribution is -0.126. The predicted octanol–water partition coefficient (Wildman–Crippen LogP) is 6.94. The smallest absolute Gasteiger partial charge is 0.244 e. The number of aliphatic hydroxyl groups is 1. The van der Waals surface area contributed by atoms with Gasteiger partial charge in [0.2, 0.25) is 15.1 Å². The molecule has 0 bridgehead atoms. The summed E-state index contributed by atoms with van der Waals surface area (Å²) in [6, 6.07) is 30.9. The van der Waals surface area contributed by atoms with Crippen molar-refractivity contribution in [1.82, 2.24) is 4.31 Å². The summed E-state index contributed by atoms with van der Waals surface area (Å²) in [6.45, 7) is 7.55. The van der Waals surface area contributed by atoms with Crippen LogP contribution in [0.5, 0.6) is 0 Å². The van der Waals surface area contributed by atoms with Crippen molar-refractivity contribution in [2.24, 2.45) is 0 Å². The second kappa shape index (κ2) is 14.5. The molecule has 0 unspecified atom stereocenters. The first-order chi connectivity index (χ1) is 20.5. The topological polar surface area (TPSA) is 83.9 Å². The van der Waals surface area contributed by atoms with Gasteiger partial charge in [-0.2, -0.15) is 4.31 Å². The molecule has 0 aliphatic heterocycles. The molecule has 0 fully saturated rings. The third-order valence-corrected chi connectivity index (χ3v) is 11.2. The van der Waals surface area contributed by atoms with Crippen LogP contribution in [-0.4, -0.2) is 42.2 Å². The molecule has 4 atom stereocenters. The molecule has 0 aliphatic carbocycles. The summed E-state index contributed by atoms with van der Waals surface area (Å²) < 4.78 is 36.2. The summed E-state index contributed by atoms with van der Waals surface area (Å²) in [7, 11) is -2.63. The van der Waals surface area contributed by atoms with Crippen molar-refractivity contribution < 1.29 is 23.1 Å². The number of carbonyl (C=O) groups is 1. The monoisotopic (exact) mass is 617 g/mol. The standard InChI is InChI=1S/C35H39NO5S2/c1-24-21-25(2)34(26(3)22-24)43(39,40)36(23-28-15-9-6-10-16-28)27(4)33(30-19-13-8-14-20-30)42-35(38)32(41-5)31(37)29-17-11-7-12-18-29/h6-22,27,31-33,37H,23H2,1-5H3/t27-,31-,32+,33-/m1/s1. The van der Waals surface area contributed by atoms with Gasteiger partial charge in [-0.1, -0.05) is 120 Å². The Labute approximate surface area is 259 Å². The Kier molecular flexibility index (Phi) is 11.0. The number of carbonyl (C=O) groups excluding carboxylic acids is 1. The number of hydrogen-bond acceptors (Lipinski definition) is 6. The van der Waals surface area contributed by atoms with Gasteiger partial charge in [-0.05, 0) is 55.5 Å². The van der Waals surface area contributed by atoms with Gasteiger partial charge in [0.25, 0.3) is 0 Å². The quantitative estimate of drug-likeness (QED) is 0.185. The van der Waals surface area contributed by atoms with Gasteiger partial charge in [0.05, 0.1) is 10.1 Å². The van der Waals surface area contributed by atoms with E-state index in [1.165, 1.54) is 11.4 Å². The summed E-state index contributed by atoms with van der Waals surface area (Å²) >= 11 is 0.993. The third kappa shape index (κ3) is 7.63. The number of rotatable bonds is 12. The molecular formula is C35H39NO5S2. The lowest BCUT2D eigenvalue weighted by Gasteiger charge is -2.35. The van der Waals surface area contributed by atoms with Crippen LogP contribution in [-0.2, 0) is 26.1 Å². The van der Waals surface area contributed by atoms with E-state index in [2.05, 4.69) is 0 Å². The van der Waals surface area contributed by atoms with Crippen molar-refractivity contribution in [1.29, 1.82) is 0 Å². The van der Waals surface area contributed by atoms with Crippen molar-refractivity contribution in [3.8, 4) is 0 Å². The van der Waals surface area contributed by atoms with E-state index in [0.29, 0.717) is 16.7 Å². The maximum atomic E-state index is 14.6. The molecule has 6 nitrogen and oxygen atoms in total. The maximum absolute atomic E-state index is 14.6. The van der Waals surface area contributed by atoms with Gasteiger partial charge in [-0.15, -0.1) is 0 Å². The molecule has 8 heteroatoms. The molecule has 0 aromatic heterocycles. The average Bonchev–Trinajstić information content (AvgIpc) is 2.99. The third-order valence-electron chi connectivity index (χ3n) is 7.53. The van der Waals surface area contributed by atoms with Gasteiger partial charge in [-0.3, -0.25) is 4.79 Å². The zero-order valence-electron chi connectivity index (χ0n) is 25.2. The second-order valence-corrected chi connectivity index (χ2v) is 13.8. The lowest BCUT2D eigenvalue weighted by atomic mass is 10.1. The minimum absolute atomic E-state index is 0.121.